The van der Waals surface area contributed by atoms with Gasteiger partial charge in [-0.15, -0.1) is 0 Å². The van der Waals surface area contributed by atoms with Crippen LogP contribution in [-0.4, -0.2) is 33.7 Å². The van der Waals surface area contributed by atoms with E-state index in [-0.39, 0.29) is 23.4 Å². The minimum Gasteiger partial charge on any atom is -0.477 e. The van der Waals surface area contributed by atoms with E-state index in [1.807, 2.05) is 0 Å². The summed E-state index contributed by atoms with van der Waals surface area (Å²) in [7, 11) is 0. The number of nitrogens with zero attached hydrogens (tertiary/aromatic N) is 2. The molecule has 0 atom stereocenters. The number of carboxylic acid groups (broad SMARTS) is 1. The Morgan fingerprint density at radius 1 is 1.59 bits per heavy atom. The average molecular weight is 258 g/mol. The Balaban J connectivity index is 2.80. The third-order valence-corrected chi connectivity index (χ3v) is 1.65. The minimum atomic E-state index is -1.28. The molecule has 1 aromatic heterocycles. The van der Waals surface area contributed by atoms with Gasteiger partial charge in [0, 0.05) is 6.07 Å². The zero-order chi connectivity index (χ0) is 12.8. The Labute approximate surface area is 101 Å². The van der Waals surface area contributed by atoms with Crippen molar-refractivity contribution in [2.24, 2.45) is 0 Å². The number of hydrogen-bond donors (Lipinski definition) is 2. The van der Waals surface area contributed by atoms with E-state index in [9.17, 15) is 9.59 Å². The summed E-state index contributed by atoms with van der Waals surface area (Å²) in [6.45, 7) is 3.39. The third kappa shape index (κ3) is 4.07. The first-order chi connectivity index (χ1) is 8.02. The predicted molar refractivity (Wildman–Crippen MR) is 59.2 cm³/mol. The van der Waals surface area contributed by atoms with E-state index in [1.165, 1.54) is 6.08 Å². The molecule has 1 rings (SSSR count). The average Bonchev–Trinajstić information content (AvgIpc) is 2.25. The summed E-state index contributed by atoms with van der Waals surface area (Å²) in [5.41, 5.74) is -0.330. The number of aromatic nitrogens is 2. The van der Waals surface area contributed by atoms with Crippen LogP contribution >= 0.6 is 11.6 Å². The topological polar surface area (TPSA) is 101 Å². The molecule has 0 fully saturated rings. The van der Waals surface area contributed by atoms with Crippen molar-refractivity contribution < 1.29 is 19.4 Å². The Bertz CT molecular complexity index is 464. The van der Waals surface area contributed by atoms with Gasteiger partial charge in [0.25, 0.3) is 0 Å². The fourth-order valence-corrected chi connectivity index (χ4v) is 1.05. The number of amides is 1. The fourth-order valence-electron chi connectivity index (χ4n) is 0.867. The van der Waals surface area contributed by atoms with Crippen LogP contribution in [0, 0.1) is 0 Å². The Morgan fingerprint density at radius 3 is 2.88 bits per heavy atom. The molecule has 2 N–H and O–H groups in total. The van der Waals surface area contributed by atoms with Gasteiger partial charge in [0.1, 0.15) is 12.4 Å². The van der Waals surface area contributed by atoms with Crippen LogP contribution in [-0.2, 0) is 4.74 Å². The lowest BCUT2D eigenvalue weighted by molar-refractivity contribution is 0.0690. The van der Waals surface area contributed by atoms with Gasteiger partial charge >= 0.3 is 12.1 Å². The molecule has 0 saturated heterocycles. The number of carbonyl (C=O) groups is 2. The molecule has 17 heavy (non-hydrogen) atoms. The van der Waals surface area contributed by atoms with Crippen LogP contribution in [0.15, 0.2) is 18.7 Å². The van der Waals surface area contributed by atoms with Gasteiger partial charge in [-0.05, 0) is 11.6 Å². The molecule has 90 valence electrons. The standard InChI is InChI=1S/C9H8ClN3O4/c1-2-3-17-9(16)13-6-4-5(7(14)15)11-8(10)12-6/h2,4H,1,3H2,(H,14,15)(H,11,12,13,16). The second kappa shape index (κ2) is 5.80. The number of carboxylic acids is 1. The molecule has 0 spiro atoms. The first kappa shape index (κ1) is 12.9. The van der Waals surface area contributed by atoms with Crippen molar-refractivity contribution in [3.8, 4) is 0 Å². The van der Waals surface area contributed by atoms with Crippen LogP contribution in [0.3, 0.4) is 0 Å². The van der Waals surface area contributed by atoms with Crippen molar-refractivity contribution in [2.75, 3.05) is 11.9 Å². The predicted octanol–water partition coefficient (Wildman–Crippen LogP) is 1.56. The second-order valence-electron chi connectivity index (χ2n) is 2.72. The number of anilines is 1. The maximum absolute atomic E-state index is 11.1. The lowest BCUT2D eigenvalue weighted by Gasteiger charge is -2.05. The normalized spacial score (nSPS) is 9.47. The van der Waals surface area contributed by atoms with Crippen molar-refractivity contribution in [1.82, 2.24) is 9.97 Å². The molecule has 8 heteroatoms. The SMILES string of the molecule is C=CCOC(=O)Nc1cc(C(=O)O)nc(Cl)n1. The molecule has 0 aliphatic heterocycles. The van der Waals surface area contributed by atoms with Gasteiger partial charge in [-0.3, -0.25) is 5.32 Å². The van der Waals surface area contributed by atoms with Gasteiger partial charge in [-0.25, -0.2) is 19.6 Å². The van der Waals surface area contributed by atoms with Crippen LogP contribution in [0.25, 0.3) is 0 Å². The number of rotatable bonds is 4. The van der Waals surface area contributed by atoms with Crippen molar-refractivity contribution >= 4 is 29.5 Å². The molecule has 0 unspecified atom stereocenters. The summed E-state index contributed by atoms with van der Waals surface area (Å²) >= 11 is 5.49. The highest BCUT2D eigenvalue weighted by atomic mass is 35.5. The summed E-state index contributed by atoms with van der Waals surface area (Å²) < 4.78 is 4.62. The maximum Gasteiger partial charge on any atom is 0.413 e. The molecule has 7 nitrogen and oxygen atoms in total. The number of carbonyl (C=O) groups excluding carboxylic acids is 1. The number of aromatic carboxylic acids is 1. The third-order valence-electron chi connectivity index (χ3n) is 1.48. The largest absolute Gasteiger partial charge is 0.477 e. The van der Waals surface area contributed by atoms with Gasteiger partial charge in [-0.2, -0.15) is 0 Å². The van der Waals surface area contributed by atoms with E-state index in [0.29, 0.717) is 0 Å². The van der Waals surface area contributed by atoms with Crippen molar-refractivity contribution in [3.05, 3.63) is 29.7 Å². The first-order valence-electron chi connectivity index (χ1n) is 4.35. The maximum atomic E-state index is 11.1. The molecule has 0 saturated carbocycles. The molecule has 0 aliphatic rings. The molecular formula is C9H8ClN3O4. The quantitative estimate of drug-likeness (QED) is 0.627. The minimum absolute atomic E-state index is 0.0242. The summed E-state index contributed by atoms with van der Waals surface area (Å²) in [5.74, 6) is -1.34. The van der Waals surface area contributed by atoms with Crippen molar-refractivity contribution in [2.45, 2.75) is 0 Å². The molecule has 0 aromatic carbocycles. The van der Waals surface area contributed by atoms with E-state index >= 15 is 0 Å². The summed E-state index contributed by atoms with van der Waals surface area (Å²) in [6.07, 6.45) is 0.589. The monoisotopic (exact) mass is 257 g/mol. The highest BCUT2D eigenvalue weighted by molar-refractivity contribution is 6.28. The molecule has 0 radical (unpaired) electrons. The fraction of sp³-hybridized carbons (Fsp3) is 0.111. The molecule has 0 bridgehead atoms. The molecule has 1 heterocycles. The number of ether oxygens (including phenoxy) is 1. The van der Waals surface area contributed by atoms with Crippen molar-refractivity contribution in [3.63, 3.8) is 0 Å². The molecule has 1 aromatic rings. The Kier molecular flexibility index (Phi) is 4.41. The molecular weight excluding hydrogens is 250 g/mol. The summed E-state index contributed by atoms with van der Waals surface area (Å²) in [4.78, 5) is 28.9. The van der Waals surface area contributed by atoms with Crippen LogP contribution < -0.4 is 5.32 Å². The van der Waals surface area contributed by atoms with Crippen molar-refractivity contribution in [1.29, 1.82) is 0 Å². The summed E-state index contributed by atoms with van der Waals surface area (Å²) in [6, 6.07) is 1.06. The lowest BCUT2D eigenvalue weighted by Crippen LogP contribution is -2.15. The lowest BCUT2D eigenvalue weighted by atomic mass is 10.4. The van der Waals surface area contributed by atoms with Gasteiger partial charge in [0.05, 0.1) is 0 Å². The van der Waals surface area contributed by atoms with Crippen LogP contribution in [0.5, 0.6) is 0 Å². The van der Waals surface area contributed by atoms with Gasteiger partial charge in [0.15, 0.2) is 5.69 Å². The highest BCUT2D eigenvalue weighted by Gasteiger charge is 2.11. The zero-order valence-corrected chi connectivity index (χ0v) is 9.27. The van der Waals surface area contributed by atoms with Crippen LogP contribution in [0.2, 0.25) is 5.28 Å². The Morgan fingerprint density at radius 2 is 2.29 bits per heavy atom. The van der Waals surface area contributed by atoms with E-state index in [0.717, 1.165) is 6.07 Å². The highest BCUT2D eigenvalue weighted by Crippen LogP contribution is 2.10. The summed E-state index contributed by atoms with van der Waals surface area (Å²) in [5, 5.41) is 10.6. The van der Waals surface area contributed by atoms with E-state index in [2.05, 4.69) is 26.6 Å². The van der Waals surface area contributed by atoms with Crippen LogP contribution in [0.4, 0.5) is 10.6 Å². The Hall–Kier alpha value is -2.15. The molecule has 0 aliphatic carbocycles. The van der Waals surface area contributed by atoms with E-state index in [4.69, 9.17) is 16.7 Å². The van der Waals surface area contributed by atoms with E-state index in [1.54, 1.807) is 0 Å². The second-order valence-corrected chi connectivity index (χ2v) is 3.06. The van der Waals surface area contributed by atoms with Gasteiger partial charge in [0.2, 0.25) is 5.28 Å². The van der Waals surface area contributed by atoms with Crippen LogP contribution in [0.1, 0.15) is 10.5 Å². The number of hydrogen-bond acceptors (Lipinski definition) is 5. The van der Waals surface area contributed by atoms with Gasteiger partial charge < -0.3 is 9.84 Å². The smallest absolute Gasteiger partial charge is 0.413 e. The zero-order valence-electron chi connectivity index (χ0n) is 8.51. The van der Waals surface area contributed by atoms with E-state index < -0.39 is 12.1 Å². The first-order valence-corrected chi connectivity index (χ1v) is 4.73. The number of nitrogens with one attached hydrogen (secondary N) is 1. The van der Waals surface area contributed by atoms with Gasteiger partial charge in [-0.1, -0.05) is 12.7 Å². The number of halogens is 1. The molecule has 1 amide bonds.